The Morgan fingerprint density at radius 3 is 2.18 bits per heavy atom. The summed E-state index contributed by atoms with van der Waals surface area (Å²) in [6.07, 6.45) is 3.84. The number of fused-ring (bicyclic) bond motifs is 2. The summed E-state index contributed by atoms with van der Waals surface area (Å²) in [5, 5.41) is 0. The molecule has 2 rings (SSSR count). The molecule has 2 aliphatic carbocycles. The van der Waals surface area contributed by atoms with Gasteiger partial charge >= 0.3 is 0 Å². The Kier molecular flexibility index (Phi) is 1.88. The zero-order chi connectivity index (χ0) is 7.84. The molecule has 0 aromatic carbocycles. The van der Waals surface area contributed by atoms with Gasteiger partial charge in [-0.15, -0.1) is 0 Å². The quantitative estimate of drug-likeness (QED) is 0.616. The van der Waals surface area contributed by atoms with Crippen molar-refractivity contribution in [1.82, 2.24) is 0 Å². The predicted octanol–water partition coefficient (Wildman–Crippen LogP) is 1.72. The molecule has 1 nitrogen and oxygen atoms in total. The van der Waals surface area contributed by atoms with Crippen LogP contribution in [0.3, 0.4) is 0 Å². The molecule has 2 atom stereocenters. The van der Waals surface area contributed by atoms with Crippen LogP contribution >= 0.6 is 0 Å². The van der Waals surface area contributed by atoms with Crippen molar-refractivity contribution in [2.75, 3.05) is 6.54 Å². The molecule has 2 fully saturated rings. The van der Waals surface area contributed by atoms with Gasteiger partial charge in [-0.05, 0) is 50.0 Å². The second-order valence-corrected chi connectivity index (χ2v) is 4.12. The van der Waals surface area contributed by atoms with Gasteiger partial charge in [-0.2, -0.15) is 0 Å². The minimum atomic E-state index is -0.488. The van der Waals surface area contributed by atoms with Gasteiger partial charge in [0.2, 0.25) is 0 Å². The lowest BCUT2D eigenvalue weighted by atomic mass is 9.80. The molecule has 0 saturated heterocycles. The van der Waals surface area contributed by atoms with E-state index in [4.69, 9.17) is 5.73 Å². The van der Waals surface area contributed by atoms with Crippen LogP contribution in [-0.2, 0) is 0 Å². The number of rotatable bonds is 1. The molecule has 0 heterocycles. The fourth-order valence-electron chi connectivity index (χ4n) is 2.77. The highest BCUT2D eigenvalue weighted by atomic mass is 19.1. The summed E-state index contributed by atoms with van der Waals surface area (Å²) in [5.74, 6) is 1.35. The molecule has 0 aromatic heterocycles. The highest BCUT2D eigenvalue weighted by molar-refractivity contribution is 4.92. The van der Waals surface area contributed by atoms with E-state index in [1.54, 1.807) is 0 Å². The minimum absolute atomic E-state index is 0.363. The van der Waals surface area contributed by atoms with E-state index in [0.29, 0.717) is 17.8 Å². The molecule has 0 unspecified atom stereocenters. The van der Waals surface area contributed by atoms with Crippen LogP contribution in [0.25, 0.3) is 0 Å². The van der Waals surface area contributed by atoms with Crippen molar-refractivity contribution in [2.45, 2.75) is 31.9 Å². The summed E-state index contributed by atoms with van der Waals surface area (Å²) in [6.45, 7) is 0.764. The Morgan fingerprint density at radius 2 is 1.73 bits per heavy atom. The highest BCUT2D eigenvalue weighted by Crippen LogP contribution is 2.46. The van der Waals surface area contributed by atoms with E-state index in [-0.39, 0.29) is 0 Å². The van der Waals surface area contributed by atoms with Gasteiger partial charge in [0.1, 0.15) is 6.17 Å². The molecule has 2 N–H and O–H groups in total. The molecule has 2 saturated carbocycles. The fraction of sp³-hybridized carbons (Fsp3) is 1.00. The molecule has 0 radical (unpaired) electrons. The molecule has 0 amide bonds. The topological polar surface area (TPSA) is 26.0 Å². The zero-order valence-electron chi connectivity index (χ0n) is 6.80. The number of hydrogen-bond acceptors (Lipinski definition) is 1. The maximum atomic E-state index is 13.3. The maximum absolute atomic E-state index is 13.3. The summed E-state index contributed by atoms with van der Waals surface area (Å²) in [4.78, 5) is 0. The van der Waals surface area contributed by atoms with Gasteiger partial charge in [0, 0.05) is 0 Å². The van der Waals surface area contributed by atoms with Crippen molar-refractivity contribution in [3.8, 4) is 0 Å². The first-order valence-corrected chi connectivity index (χ1v) is 4.65. The van der Waals surface area contributed by atoms with Gasteiger partial charge in [-0.1, -0.05) is 0 Å². The van der Waals surface area contributed by atoms with Gasteiger partial charge in [0.25, 0.3) is 0 Å². The summed E-state index contributed by atoms with van der Waals surface area (Å²) in [7, 11) is 0. The zero-order valence-corrected chi connectivity index (χ0v) is 6.80. The number of alkyl halides is 1. The van der Waals surface area contributed by atoms with E-state index in [0.717, 1.165) is 32.2 Å². The first-order valence-electron chi connectivity index (χ1n) is 4.65. The van der Waals surface area contributed by atoms with Crippen molar-refractivity contribution in [2.24, 2.45) is 23.5 Å². The number of hydrogen-bond donors (Lipinski definition) is 1. The average Bonchev–Trinajstić information content (AvgIpc) is 2.26. The highest BCUT2D eigenvalue weighted by Gasteiger charge is 2.42. The molecular weight excluding hydrogens is 141 g/mol. The SMILES string of the molecule is NCC1C[C@@H]2CC[C@@H](C1)C2F. The van der Waals surface area contributed by atoms with Gasteiger partial charge < -0.3 is 5.73 Å². The van der Waals surface area contributed by atoms with Crippen LogP contribution in [0.4, 0.5) is 4.39 Å². The minimum Gasteiger partial charge on any atom is -0.330 e. The van der Waals surface area contributed by atoms with Crippen molar-refractivity contribution in [3.63, 3.8) is 0 Å². The van der Waals surface area contributed by atoms with Gasteiger partial charge in [-0.25, -0.2) is 4.39 Å². The molecule has 2 aliphatic rings. The first kappa shape index (κ1) is 7.53. The van der Waals surface area contributed by atoms with E-state index >= 15 is 0 Å². The maximum Gasteiger partial charge on any atom is 0.106 e. The molecule has 0 aliphatic heterocycles. The number of nitrogens with two attached hydrogens (primary N) is 1. The molecule has 64 valence electrons. The monoisotopic (exact) mass is 157 g/mol. The predicted molar refractivity (Wildman–Crippen MR) is 42.9 cm³/mol. The van der Waals surface area contributed by atoms with Crippen LogP contribution in [0.5, 0.6) is 0 Å². The van der Waals surface area contributed by atoms with Crippen molar-refractivity contribution in [1.29, 1.82) is 0 Å². The van der Waals surface area contributed by atoms with Gasteiger partial charge in [0.05, 0.1) is 0 Å². The normalized spacial score (nSPS) is 49.6. The molecule has 2 heteroatoms. The molecule has 0 spiro atoms. The third-order valence-electron chi connectivity index (χ3n) is 3.41. The van der Waals surface area contributed by atoms with Crippen LogP contribution in [-0.4, -0.2) is 12.7 Å². The molecular formula is C9H16FN. The van der Waals surface area contributed by atoms with E-state index in [2.05, 4.69) is 0 Å². The Hall–Kier alpha value is -0.110. The van der Waals surface area contributed by atoms with Crippen molar-refractivity contribution in [3.05, 3.63) is 0 Å². The van der Waals surface area contributed by atoms with Crippen LogP contribution in [0, 0.1) is 17.8 Å². The van der Waals surface area contributed by atoms with Crippen LogP contribution in [0.2, 0.25) is 0 Å². The largest absolute Gasteiger partial charge is 0.330 e. The van der Waals surface area contributed by atoms with E-state index in [9.17, 15) is 4.39 Å². The lowest BCUT2D eigenvalue weighted by Crippen LogP contribution is -2.30. The van der Waals surface area contributed by atoms with E-state index < -0.39 is 6.17 Å². The second kappa shape index (κ2) is 2.74. The summed E-state index contributed by atoms with van der Waals surface area (Å²) >= 11 is 0. The average molecular weight is 157 g/mol. The Morgan fingerprint density at radius 1 is 1.18 bits per heavy atom. The van der Waals surface area contributed by atoms with Crippen LogP contribution < -0.4 is 5.73 Å². The van der Waals surface area contributed by atoms with E-state index in [1.165, 1.54) is 0 Å². The van der Waals surface area contributed by atoms with Crippen molar-refractivity contribution < 1.29 is 4.39 Å². The fourth-order valence-corrected chi connectivity index (χ4v) is 2.77. The molecule has 11 heavy (non-hydrogen) atoms. The smallest absolute Gasteiger partial charge is 0.106 e. The lowest BCUT2D eigenvalue weighted by molar-refractivity contribution is 0.121. The third-order valence-corrected chi connectivity index (χ3v) is 3.41. The molecule has 2 bridgehead atoms. The Bertz CT molecular complexity index is 134. The standard InChI is InChI=1S/C9H16FN/c10-9-7-1-2-8(9)4-6(3-7)5-11/h6-9H,1-5,11H2/t6?,7-,8-,9?/m0/s1. The summed E-state index contributed by atoms with van der Waals surface area (Å²) < 4.78 is 13.3. The third kappa shape index (κ3) is 1.18. The lowest BCUT2D eigenvalue weighted by Gasteiger charge is -2.29. The van der Waals surface area contributed by atoms with Crippen LogP contribution in [0.1, 0.15) is 25.7 Å². The Balaban J connectivity index is 2.02. The van der Waals surface area contributed by atoms with Gasteiger partial charge in [0.15, 0.2) is 0 Å². The Labute approximate surface area is 67.2 Å². The summed E-state index contributed by atoms with van der Waals surface area (Å²) in [6, 6.07) is 0. The summed E-state index contributed by atoms with van der Waals surface area (Å²) in [5.41, 5.74) is 5.58. The van der Waals surface area contributed by atoms with Gasteiger partial charge in [-0.3, -0.25) is 0 Å². The number of halogens is 1. The second-order valence-electron chi connectivity index (χ2n) is 4.12. The van der Waals surface area contributed by atoms with Crippen LogP contribution in [0.15, 0.2) is 0 Å². The van der Waals surface area contributed by atoms with Crippen molar-refractivity contribution >= 4 is 0 Å². The van der Waals surface area contributed by atoms with E-state index in [1.807, 2.05) is 0 Å². The first-order chi connectivity index (χ1) is 5.31. The molecule has 0 aromatic rings.